The zero-order chi connectivity index (χ0) is 29.5. The monoisotopic (exact) mass is 557 g/mol. The molecule has 0 saturated carbocycles. The van der Waals surface area contributed by atoms with Gasteiger partial charge in [0.2, 0.25) is 5.91 Å². The Labute approximate surface area is 232 Å². The van der Waals surface area contributed by atoms with E-state index in [4.69, 9.17) is 14.2 Å². The van der Waals surface area contributed by atoms with Crippen molar-refractivity contribution < 1.29 is 43.3 Å². The lowest BCUT2D eigenvalue weighted by Crippen LogP contribution is -2.61. The minimum Gasteiger partial charge on any atom is -0.480 e. The number of carboxylic acids is 1. The molecule has 0 aliphatic carbocycles. The Kier molecular flexibility index (Phi) is 12.4. The van der Waals surface area contributed by atoms with Gasteiger partial charge in [-0.25, -0.2) is 14.4 Å². The van der Waals surface area contributed by atoms with Crippen LogP contribution < -0.4 is 16.0 Å². The molecule has 0 heterocycles. The highest BCUT2D eigenvalue weighted by Crippen LogP contribution is 2.09. The maximum absolute atomic E-state index is 13.0. The Bertz CT molecular complexity index is 1130. The van der Waals surface area contributed by atoms with Crippen LogP contribution in [0.3, 0.4) is 0 Å². The number of alkyl carbamates (subject to hydrolysis) is 2. The summed E-state index contributed by atoms with van der Waals surface area (Å²) in [7, 11) is 0. The van der Waals surface area contributed by atoms with E-state index < -0.39 is 47.7 Å². The molecule has 2 atom stereocenters. The number of nitrogens with one attached hydrogen (secondary N) is 3. The number of amides is 3. The minimum atomic E-state index is -1.90. The van der Waals surface area contributed by atoms with E-state index in [1.165, 1.54) is 0 Å². The summed E-state index contributed by atoms with van der Waals surface area (Å²) in [5, 5.41) is 16.6. The van der Waals surface area contributed by atoms with Gasteiger partial charge in [0.25, 0.3) is 0 Å². The molecule has 4 N–H and O–H groups in total. The van der Waals surface area contributed by atoms with Crippen molar-refractivity contribution >= 4 is 30.0 Å². The number of hydrogen-bond donors (Lipinski definition) is 4. The third-order valence-corrected chi connectivity index (χ3v) is 5.13. The van der Waals surface area contributed by atoms with Crippen molar-refractivity contribution in [1.82, 2.24) is 16.0 Å². The molecule has 12 nitrogen and oxygen atoms in total. The van der Waals surface area contributed by atoms with E-state index in [1.807, 2.05) is 0 Å². The molecule has 2 aromatic carbocycles. The number of benzene rings is 2. The Morgan fingerprint density at radius 3 is 1.70 bits per heavy atom. The lowest BCUT2D eigenvalue weighted by atomic mass is 10.1. The van der Waals surface area contributed by atoms with E-state index in [0.29, 0.717) is 11.1 Å². The molecule has 2 aromatic rings. The highest BCUT2D eigenvalue weighted by Gasteiger charge is 2.37. The number of esters is 1. The van der Waals surface area contributed by atoms with Crippen molar-refractivity contribution in [2.75, 3.05) is 6.54 Å². The zero-order valence-corrected chi connectivity index (χ0v) is 22.7. The van der Waals surface area contributed by atoms with Gasteiger partial charge in [0.05, 0.1) is 0 Å². The Hall–Kier alpha value is -4.61. The SMILES string of the molecule is CC(C)(C)OC(=O)CCCNC(=O)[C@H](NC(=O)OCc1ccccc1)[C@@H](NC(=O)OCc1ccccc1)C(=O)O. The molecule has 0 fully saturated rings. The molecule has 0 radical (unpaired) electrons. The van der Waals surface area contributed by atoms with Gasteiger partial charge in [-0.3, -0.25) is 9.59 Å². The van der Waals surface area contributed by atoms with Crippen molar-refractivity contribution in [3.8, 4) is 0 Å². The van der Waals surface area contributed by atoms with E-state index >= 15 is 0 Å². The van der Waals surface area contributed by atoms with Crippen LogP contribution in [-0.4, -0.2) is 59.4 Å². The van der Waals surface area contributed by atoms with Gasteiger partial charge in [0.15, 0.2) is 6.04 Å². The van der Waals surface area contributed by atoms with Gasteiger partial charge in [0.1, 0.15) is 24.9 Å². The normalized spacial score (nSPS) is 12.3. The third kappa shape index (κ3) is 12.3. The summed E-state index contributed by atoms with van der Waals surface area (Å²) in [6.45, 7) is 4.87. The molecule has 0 unspecified atom stereocenters. The number of carboxylic acid groups (broad SMARTS) is 1. The van der Waals surface area contributed by atoms with Crippen LogP contribution in [-0.2, 0) is 41.8 Å². The smallest absolute Gasteiger partial charge is 0.408 e. The van der Waals surface area contributed by atoms with Gasteiger partial charge in [-0.05, 0) is 38.3 Å². The molecular weight excluding hydrogens is 522 g/mol. The first kappa shape index (κ1) is 31.6. The van der Waals surface area contributed by atoms with Crippen LogP contribution in [0.5, 0.6) is 0 Å². The van der Waals surface area contributed by atoms with Crippen molar-refractivity contribution in [3.63, 3.8) is 0 Å². The number of carbonyl (C=O) groups is 5. The number of hydrogen-bond acceptors (Lipinski definition) is 8. The summed E-state index contributed by atoms with van der Waals surface area (Å²) >= 11 is 0. The van der Waals surface area contributed by atoms with E-state index in [1.54, 1.807) is 81.4 Å². The molecule has 0 aliphatic rings. The molecule has 0 saturated heterocycles. The average Bonchev–Trinajstić information content (AvgIpc) is 2.90. The van der Waals surface area contributed by atoms with Crippen molar-refractivity contribution in [2.24, 2.45) is 0 Å². The van der Waals surface area contributed by atoms with Gasteiger partial charge in [-0.2, -0.15) is 0 Å². The first-order valence-electron chi connectivity index (χ1n) is 12.6. The molecule has 3 amide bonds. The maximum Gasteiger partial charge on any atom is 0.408 e. The standard InChI is InChI=1S/C28H35N3O9/c1-28(2,3)40-21(32)15-10-16-29-24(33)22(30-26(36)38-17-19-11-6-4-7-12-19)23(25(34)35)31-27(37)39-18-20-13-8-5-9-14-20/h4-9,11-14,22-23H,10,15-18H2,1-3H3,(H,29,33)(H,30,36)(H,31,37)(H,34,35)/t22-,23-/m1/s1. The summed E-state index contributed by atoms with van der Waals surface area (Å²) in [5.74, 6) is -2.99. The van der Waals surface area contributed by atoms with E-state index in [0.717, 1.165) is 0 Å². The molecule has 216 valence electrons. The number of ether oxygens (including phenoxy) is 3. The molecule has 0 bridgehead atoms. The Balaban J connectivity index is 2.05. The van der Waals surface area contributed by atoms with Gasteiger partial charge in [-0.15, -0.1) is 0 Å². The summed E-state index contributed by atoms with van der Waals surface area (Å²) in [6, 6.07) is 13.7. The fourth-order valence-electron chi connectivity index (χ4n) is 3.32. The number of carbonyl (C=O) groups excluding carboxylic acids is 4. The highest BCUT2D eigenvalue weighted by molar-refractivity contribution is 5.93. The molecule has 0 aromatic heterocycles. The van der Waals surface area contributed by atoms with Crippen LogP contribution >= 0.6 is 0 Å². The molecule has 40 heavy (non-hydrogen) atoms. The zero-order valence-electron chi connectivity index (χ0n) is 22.7. The fourth-order valence-corrected chi connectivity index (χ4v) is 3.32. The second-order valence-corrected chi connectivity index (χ2v) is 9.69. The molecule has 0 spiro atoms. The Morgan fingerprint density at radius 1 is 0.775 bits per heavy atom. The van der Waals surface area contributed by atoms with Crippen LogP contribution in [0.4, 0.5) is 9.59 Å². The predicted molar refractivity (Wildman–Crippen MR) is 143 cm³/mol. The molecule has 2 rings (SSSR count). The summed E-state index contributed by atoms with van der Waals surface area (Å²) in [4.78, 5) is 61.8. The first-order valence-corrected chi connectivity index (χ1v) is 12.6. The topological polar surface area (TPSA) is 169 Å². The van der Waals surface area contributed by atoms with Gasteiger partial charge >= 0.3 is 24.1 Å². The van der Waals surface area contributed by atoms with Crippen LogP contribution in [0.15, 0.2) is 60.7 Å². The number of aliphatic carboxylic acids is 1. The van der Waals surface area contributed by atoms with Crippen molar-refractivity contribution in [1.29, 1.82) is 0 Å². The summed E-state index contributed by atoms with van der Waals surface area (Å²) < 4.78 is 15.4. The summed E-state index contributed by atoms with van der Waals surface area (Å²) in [5.41, 5.74) is 0.662. The van der Waals surface area contributed by atoms with E-state index in [9.17, 15) is 29.1 Å². The third-order valence-electron chi connectivity index (χ3n) is 5.13. The van der Waals surface area contributed by atoms with Crippen LogP contribution in [0.1, 0.15) is 44.7 Å². The summed E-state index contributed by atoms with van der Waals surface area (Å²) in [6.07, 6.45) is -2.00. The van der Waals surface area contributed by atoms with E-state index in [2.05, 4.69) is 16.0 Å². The minimum absolute atomic E-state index is 0.00117. The second-order valence-electron chi connectivity index (χ2n) is 9.69. The van der Waals surface area contributed by atoms with E-state index in [-0.39, 0.29) is 32.6 Å². The highest BCUT2D eigenvalue weighted by atomic mass is 16.6. The van der Waals surface area contributed by atoms with Crippen LogP contribution in [0, 0.1) is 0 Å². The van der Waals surface area contributed by atoms with Gasteiger partial charge in [-0.1, -0.05) is 60.7 Å². The fraction of sp³-hybridized carbons (Fsp3) is 0.393. The molecule has 0 aliphatic heterocycles. The quantitative estimate of drug-likeness (QED) is 0.164. The van der Waals surface area contributed by atoms with Gasteiger partial charge < -0.3 is 35.3 Å². The molecular formula is C28H35N3O9. The van der Waals surface area contributed by atoms with Gasteiger partial charge in [0, 0.05) is 13.0 Å². The lowest BCUT2D eigenvalue weighted by molar-refractivity contribution is -0.155. The lowest BCUT2D eigenvalue weighted by Gasteiger charge is -2.25. The van der Waals surface area contributed by atoms with Crippen molar-refractivity contribution in [2.45, 2.75) is 64.5 Å². The van der Waals surface area contributed by atoms with Crippen molar-refractivity contribution in [3.05, 3.63) is 71.8 Å². The number of rotatable bonds is 13. The second kappa shape index (κ2) is 15.7. The first-order chi connectivity index (χ1) is 18.9. The largest absolute Gasteiger partial charge is 0.480 e. The Morgan fingerprint density at radius 2 is 1.25 bits per heavy atom. The van der Waals surface area contributed by atoms with Crippen LogP contribution in [0.25, 0.3) is 0 Å². The maximum atomic E-state index is 13.0. The van der Waals surface area contributed by atoms with Crippen LogP contribution in [0.2, 0.25) is 0 Å². The average molecular weight is 558 g/mol. The molecule has 12 heteroatoms. The predicted octanol–water partition coefficient (Wildman–Crippen LogP) is 2.90.